The molecule has 0 fully saturated rings. The lowest BCUT2D eigenvalue weighted by molar-refractivity contribution is 0.782. The second-order valence-electron chi connectivity index (χ2n) is 4.34. The molecule has 2 aromatic heterocycles. The highest BCUT2D eigenvalue weighted by Gasteiger charge is 2.08. The molecule has 0 spiro atoms. The average Bonchev–Trinajstić information content (AvgIpc) is 2.74. The third kappa shape index (κ3) is 3.33. The van der Waals surface area contributed by atoms with E-state index in [0.717, 1.165) is 18.2 Å². The molecule has 5 heteroatoms. The van der Waals surface area contributed by atoms with Crippen LogP contribution in [-0.4, -0.2) is 15.6 Å². The highest BCUT2D eigenvalue weighted by Crippen LogP contribution is 2.24. The van der Waals surface area contributed by atoms with Crippen molar-refractivity contribution in [3.05, 3.63) is 32.7 Å². The first-order chi connectivity index (χ1) is 8.04. The molecule has 2 heterocycles. The highest BCUT2D eigenvalue weighted by atomic mass is 79.9. The number of thiophene rings is 1. The Kier molecular flexibility index (Phi) is 3.89. The van der Waals surface area contributed by atoms with E-state index in [1.54, 1.807) is 11.3 Å². The Hall–Kier alpha value is -0.810. The van der Waals surface area contributed by atoms with Gasteiger partial charge in [0.05, 0.1) is 16.0 Å². The molecule has 2 rings (SSSR count). The van der Waals surface area contributed by atoms with Gasteiger partial charge in [0.2, 0.25) is 5.95 Å². The van der Waals surface area contributed by atoms with Crippen LogP contribution in [0.25, 0.3) is 0 Å². The topological polar surface area (TPSA) is 29.9 Å². The summed E-state index contributed by atoms with van der Waals surface area (Å²) in [7, 11) is 0. The minimum Gasteiger partial charge on any atom is -0.353 e. The number of hydrogen-bond donors (Lipinski definition) is 1. The third-order valence-corrected chi connectivity index (χ3v) is 3.88. The normalized spacial score (nSPS) is 11.1. The van der Waals surface area contributed by atoms with Crippen molar-refractivity contribution in [2.75, 3.05) is 5.32 Å². The van der Waals surface area contributed by atoms with E-state index in [0.29, 0.717) is 6.04 Å². The lowest BCUT2D eigenvalue weighted by atomic mass is 10.4. The van der Waals surface area contributed by atoms with Crippen molar-refractivity contribution in [1.29, 1.82) is 0 Å². The Balaban J connectivity index is 2.19. The first kappa shape index (κ1) is 12.6. The molecule has 2 aromatic rings. The van der Waals surface area contributed by atoms with E-state index >= 15 is 0 Å². The highest BCUT2D eigenvalue weighted by molar-refractivity contribution is 9.11. The minimum absolute atomic E-state index is 0.394. The maximum absolute atomic E-state index is 4.50. The van der Waals surface area contributed by atoms with E-state index in [2.05, 4.69) is 63.0 Å². The van der Waals surface area contributed by atoms with E-state index in [4.69, 9.17) is 0 Å². The summed E-state index contributed by atoms with van der Waals surface area (Å²) in [5, 5.41) is 3.37. The quantitative estimate of drug-likeness (QED) is 0.928. The molecule has 0 atom stereocenters. The van der Waals surface area contributed by atoms with Crippen LogP contribution in [0.15, 0.2) is 22.1 Å². The number of hydrogen-bond acceptors (Lipinski definition) is 3. The maximum atomic E-state index is 4.50. The van der Waals surface area contributed by atoms with Gasteiger partial charge in [0, 0.05) is 17.1 Å². The van der Waals surface area contributed by atoms with E-state index in [1.807, 2.05) is 6.92 Å². The van der Waals surface area contributed by atoms with Gasteiger partial charge in [-0.1, -0.05) is 0 Å². The van der Waals surface area contributed by atoms with Gasteiger partial charge in [0.25, 0.3) is 0 Å². The maximum Gasteiger partial charge on any atom is 0.203 e. The van der Waals surface area contributed by atoms with Crippen LogP contribution in [0.1, 0.15) is 24.4 Å². The number of halogens is 1. The molecule has 0 bridgehead atoms. The summed E-state index contributed by atoms with van der Waals surface area (Å²) < 4.78 is 3.33. The molecule has 0 aliphatic heterocycles. The fourth-order valence-electron chi connectivity index (χ4n) is 1.65. The van der Waals surface area contributed by atoms with Gasteiger partial charge in [0.1, 0.15) is 0 Å². The van der Waals surface area contributed by atoms with E-state index in [1.165, 1.54) is 8.66 Å². The fraction of sp³-hybridized carbons (Fsp3) is 0.417. The zero-order valence-corrected chi connectivity index (χ0v) is 12.6. The lowest BCUT2D eigenvalue weighted by Gasteiger charge is -2.11. The van der Waals surface area contributed by atoms with Crippen LogP contribution in [0, 0.1) is 6.92 Å². The Morgan fingerprint density at radius 3 is 2.82 bits per heavy atom. The molecule has 0 saturated heterocycles. The molecular weight excluding hydrogens is 298 g/mol. The van der Waals surface area contributed by atoms with Crippen LogP contribution in [0.2, 0.25) is 0 Å². The molecule has 3 nitrogen and oxygen atoms in total. The monoisotopic (exact) mass is 313 g/mol. The van der Waals surface area contributed by atoms with Crippen LogP contribution in [-0.2, 0) is 6.54 Å². The lowest BCUT2D eigenvalue weighted by Crippen LogP contribution is -2.14. The van der Waals surface area contributed by atoms with Gasteiger partial charge >= 0.3 is 0 Å². The van der Waals surface area contributed by atoms with Crippen molar-refractivity contribution >= 4 is 33.2 Å². The molecule has 1 N–H and O–H groups in total. The van der Waals surface area contributed by atoms with Crippen LogP contribution < -0.4 is 5.32 Å². The minimum atomic E-state index is 0.394. The summed E-state index contributed by atoms with van der Waals surface area (Å²) >= 11 is 5.25. The zero-order valence-electron chi connectivity index (χ0n) is 10.2. The van der Waals surface area contributed by atoms with Gasteiger partial charge in [-0.2, -0.15) is 0 Å². The van der Waals surface area contributed by atoms with Crippen molar-refractivity contribution in [1.82, 2.24) is 9.55 Å². The standard InChI is InChI=1S/C12H16BrN3S/c1-8(2)14-12-15-9(3)6-16(12)7-10-4-5-11(13)17-10/h4-6,8H,7H2,1-3H3,(H,14,15). The first-order valence-corrected chi connectivity index (χ1v) is 7.20. The number of rotatable bonds is 4. The predicted molar refractivity (Wildman–Crippen MR) is 76.8 cm³/mol. The zero-order chi connectivity index (χ0) is 12.4. The first-order valence-electron chi connectivity index (χ1n) is 5.59. The number of aryl methyl sites for hydroxylation is 1. The molecule has 17 heavy (non-hydrogen) atoms. The molecule has 92 valence electrons. The molecule has 0 saturated carbocycles. The smallest absolute Gasteiger partial charge is 0.203 e. The number of nitrogens with one attached hydrogen (secondary N) is 1. The molecule has 0 radical (unpaired) electrons. The summed E-state index contributed by atoms with van der Waals surface area (Å²) in [6, 6.07) is 4.62. The van der Waals surface area contributed by atoms with Gasteiger partial charge < -0.3 is 9.88 Å². The summed E-state index contributed by atoms with van der Waals surface area (Å²) in [6.07, 6.45) is 2.08. The van der Waals surface area contributed by atoms with Crippen molar-refractivity contribution in [3.63, 3.8) is 0 Å². The van der Waals surface area contributed by atoms with Crippen LogP contribution in [0.4, 0.5) is 5.95 Å². The number of imidazole rings is 1. The van der Waals surface area contributed by atoms with Gasteiger partial charge in [-0.15, -0.1) is 11.3 Å². The molecule has 0 aromatic carbocycles. The van der Waals surface area contributed by atoms with Crippen molar-refractivity contribution < 1.29 is 0 Å². The summed E-state index contributed by atoms with van der Waals surface area (Å²) in [4.78, 5) is 5.82. The molecular formula is C12H16BrN3S. The van der Waals surface area contributed by atoms with E-state index < -0.39 is 0 Å². The number of anilines is 1. The second kappa shape index (κ2) is 5.23. The van der Waals surface area contributed by atoms with Gasteiger partial charge in [0.15, 0.2) is 0 Å². The van der Waals surface area contributed by atoms with Gasteiger partial charge in [-0.3, -0.25) is 0 Å². The SMILES string of the molecule is Cc1cn(Cc2ccc(Br)s2)c(NC(C)C)n1. The summed E-state index contributed by atoms with van der Waals surface area (Å²) in [5.74, 6) is 0.946. The van der Waals surface area contributed by atoms with Gasteiger partial charge in [-0.25, -0.2) is 4.98 Å². The van der Waals surface area contributed by atoms with Crippen LogP contribution >= 0.6 is 27.3 Å². The Morgan fingerprint density at radius 2 is 2.24 bits per heavy atom. The van der Waals surface area contributed by atoms with E-state index in [9.17, 15) is 0 Å². The Morgan fingerprint density at radius 1 is 1.47 bits per heavy atom. The van der Waals surface area contributed by atoms with Crippen LogP contribution in [0.5, 0.6) is 0 Å². The number of nitrogens with zero attached hydrogens (tertiary/aromatic N) is 2. The summed E-state index contributed by atoms with van der Waals surface area (Å²) in [5.41, 5.74) is 1.05. The molecule has 0 aliphatic rings. The predicted octanol–water partition coefficient (Wildman–Crippen LogP) is 3.88. The van der Waals surface area contributed by atoms with Crippen molar-refractivity contribution in [2.24, 2.45) is 0 Å². The third-order valence-electron chi connectivity index (χ3n) is 2.27. The molecule has 0 amide bonds. The average molecular weight is 314 g/mol. The van der Waals surface area contributed by atoms with Crippen LogP contribution in [0.3, 0.4) is 0 Å². The fourth-order valence-corrected chi connectivity index (χ4v) is 3.13. The van der Waals surface area contributed by atoms with Crippen molar-refractivity contribution in [3.8, 4) is 0 Å². The van der Waals surface area contributed by atoms with Crippen molar-refractivity contribution in [2.45, 2.75) is 33.4 Å². The number of aromatic nitrogens is 2. The van der Waals surface area contributed by atoms with Gasteiger partial charge in [-0.05, 0) is 48.8 Å². The molecule has 0 aliphatic carbocycles. The largest absolute Gasteiger partial charge is 0.353 e. The summed E-state index contributed by atoms with van der Waals surface area (Å²) in [6.45, 7) is 7.13. The van der Waals surface area contributed by atoms with E-state index in [-0.39, 0.29) is 0 Å². The second-order valence-corrected chi connectivity index (χ2v) is 6.89. The Labute approximate surface area is 114 Å². The molecule has 0 unspecified atom stereocenters. The Bertz CT molecular complexity index is 502.